The first kappa shape index (κ1) is 23.6. The molecule has 3 N–H and O–H groups in total. The third-order valence-electron chi connectivity index (χ3n) is 4.02. The van der Waals surface area contributed by atoms with Gasteiger partial charge in [0.05, 0.1) is 21.3 Å². The van der Waals surface area contributed by atoms with Crippen LogP contribution in [-0.2, 0) is 10.0 Å². The number of nitrogens with one attached hydrogen (secondary N) is 3. The Labute approximate surface area is 197 Å². The molecule has 166 valence electrons. The minimum Gasteiger partial charge on any atom is -0.297 e. The number of sulfonamides is 1. The second kappa shape index (κ2) is 9.61. The summed E-state index contributed by atoms with van der Waals surface area (Å²) in [6, 6.07) is 13.3. The summed E-state index contributed by atoms with van der Waals surface area (Å²) in [5.41, 5.74) is 4.36. The summed E-state index contributed by atoms with van der Waals surface area (Å²) in [5, 5.41) is 11.8. The Hall–Kier alpha value is -3.05. The van der Waals surface area contributed by atoms with Gasteiger partial charge in [0.1, 0.15) is 4.90 Å². The van der Waals surface area contributed by atoms with Crippen molar-refractivity contribution < 1.29 is 18.1 Å². The van der Waals surface area contributed by atoms with E-state index >= 15 is 0 Å². The van der Waals surface area contributed by atoms with E-state index in [2.05, 4.69) is 15.6 Å². The molecule has 0 saturated carbocycles. The van der Waals surface area contributed by atoms with Crippen LogP contribution < -0.4 is 15.6 Å². The molecular weight excluding hydrogens is 503 g/mol. The molecule has 0 unspecified atom stereocenters. The monoisotopic (exact) mass is 514 g/mol. The van der Waals surface area contributed by atoms with Gasteiger partial charge in [-0.05, 0) is 36.4 Å². The fourth-order valence-corrected chi connectivity index (χ4v) is 4.60. The lowest BCUT2D eigenvalue weighted by Crippen LogP contribution is -2.30. The lowest BCUT2D eigenvalue weighted by Gasteiger charge is -2.15. The van der Waals surface area contributed by atoms with Crippen molar-refractivity contribution in [2.75, 3.05) is 10.1 Å². The Bertz CT molecular complexity index is 1300. The van der Waals surface area contributed by atoms with E-state index in [4.69, 9.17) is 34.8 Å². The topological polar surface area (TPSA) is 130 Å². The minimum absolute atomic E-state index is 0.0734. The largest absolute Gasteiger partial charge is 0.297 e. The van der Waals surface area contributed by atoms with Crippen molar-refractivity contribution >= 4 is 67.8 Å². The molecule has 0 spiro atoms. The summed E-state index contributed by atoms with van der Waals surface area (Å²) in [6.07, 6.45) is 0. The molecule has 0 aliphatic carbocycles. The van der Waals surface area contributed by atoms with E-state index in [-0.39, 0.29) is 32.0 Å². The molecule has 0 heterocycles. The van der Waals surface area contributed by atoms with Crippen LogP contribution in [0.2, 0.25) is 15.1 Å². The molecule has 13 heteroatoms. The summed E-state index contributed by atoms with van der Waals surface area (Å²) in [5.74, 6) is -0.671. The quantitative estimate of drug-likeness (QED) is 0.296. The predicted molar refractivity (Wildman–Crippen MR) is 123 cm³/mol. The molecule has 0 bridgehead atoms. The number of non-ortho nitro benzene ring substituents is 1. The average molecular weight is 516 g/mol. The van der Waals surface area contributed by atoms with Crippen molar-refractivity contribution in [3.05, 3.63) is 91.4 Å². The van der Waals surface area contributed by atoms with E-state index in [1.165, 1.54) is 30.3 Å². The molecule has 1 amide bonds. The number of carbonyl (C=O) groups is 1. The first-order valence-electron chi connectivity index (χ1n) is 8.65. The Morgan fingerprint density at radius 1 is 0.906 bits per heavy atom. The zero-order valence-electron chi connectivity index (χ0n) is 15.8. The first-order chi connectivity index (χ1) is 15.1. The molecule has 0 aliphatic heterocycles. The van der Waals surface area contributed by atoms with Gasteiger partial charge in [-0.2, -0.15) is 0 Å². The number of nitro benzene ring substituents is 1. The lowest BCUT2D eigenvalue weighted by molar-refractivity contribution is -0.385. The molecule has 0 atom stereocenters. The van der Waals surface area contributed by atoms with E-state index in [9.17, 15) is 23.3 Å². The number of hydrazine groups is 1. The third kappa shape index (κ3) is 5.60. The highest BCUT2D eigenvalue weighted by molar-refractivity contribution is 7.93. The van der Waals surface area contributed by atoms with Crippen LogP contribution >= 0.6 is 34.8 Å². The van der Waals surface area contributed by atoms with Gasteiger partial charge < -0.3 is 0 Å². The molecule has 3 rings (SSSR count). The molecular formula is C19H13Cl3N4O5S. The highest BCUT2D eigenvalue weighted by Crippen LogP contribution is 2.30. The fraction of sp³-hybridized carbons (Fsp3) is 0. The second-order valence-corrected chi connectivity index (χ2v) is 9.19. The predicted octanol–water partition coefficient (Wildman–Crippen LogP) is 5.11. The van der Waals surface area contributed by atoms with Crippen LogP contribution in [0.3, 0.4) is 0 Å². The fourth-order valence-electron chi connectivity index (χ4n) is 2.58. The summed E-state index contributed by atoms with van der Waals surface area (Å²) in [6.45, 7) is 0. The molecule has 3 aromatic carbocycles. The number of rotatable bonds is 7. The lowest BCUT2D eigenvalue weighted by atomic mass is 10.2. The zero-order valence-corrected chi connectivity index (χ0v) is 18.9. The van der Waals surface area contributed by atoms with Gasteiger partial charge >= 0.3 is 0 Å². The van der Waals surface area contributed by atoms with E-state index < -0.39 is 31.4 Å². The van der Waals surface area contributed by atoms with Crippen molar-refractivity contribution in [1.29, 1.82) is 0 Å². The van der Waals surface area contributed by atoms with Crippen LogP contribution in [0.15, 0.2) is 65.6 Å². The summed E-state index contributed by atoms with van der Waals surface area (Å²) >= 11 is 17.8. The number of anilines is 2. The maximum atomic E-state index is 13.0. The number of benzene rings is 3. The van der Waals surface area contributed by atoms with Crippen LogP contribution in [0.4, 0.5) is 17.1 Å². The number of amides is 1. The van der Waals surface area contributed by atoms with Crippen molar-refractivity contribution in [1.82, 2.24) is 5.43 Å². The molecule has 32 heavy (non-hydrogen) atoms. The normalized spacial score (nSPS) is 11.0. The van der Waals surface area contributed by atoms with Gasteiger partial charge in [0.15, 0.2) is 0 Å². The number of nitrogens with zero attached hydrogens (tertiary/aromatic N) is 1. The molecule has 0 aromatic heterocycles. The van der Waals surface area contributed by atoms with Crippen LogP contribution in [0.1, 0.15) is 10.4 Å². The summed E-state index contributed by atoms with van der Waals surface area (Å²) in [7, 11) is -4.34. The maximum Gasteiger partial charge on any atom is 0.270 e. The van der Waals surface area contributed by atoms with E-state index in [1.807, 2.05) is 0 Å². The van der Waals surface area contributed by atoms with Crippen LogP contribution in [0.5, 0.6) is 0 Å². The number of hydrogen-bond acceptors (Lipinski definition) is 6. The Morgan fingerprint density at radius 2 is 1.56 bits per heavy atom. The van der Waals surface area contributed by atoms with E-state index in [0.717, 1.165) is 18.2 Å². The Kier molecular flexibility index (Phi) is 7.09. The minimum atomic E-state index is -4.34. The maximum absolute atomic E-state index is 13.0. The van der Waals surface area contributed by atoms with Crippen molar-refractivity contribution in [3.8, 4) is 0 Å². The van der Waals surface area contributed by atoms with Crippen molar-refractivity contribution in [2.45, 2.75) is 4.90 Å². The standard InChI is InChI=1S/C19H13Cl3N4O5S/c20-12-7-11(8-13(21)9-12)19(27)24-23-17-6-5-14(26(28)29)10-18(17)32(30,31)25-16-4-2-1-3-15(16)22/h1-10,23,25H,(H,24,27). The highest BCUT2D eigenvalue weighted by Gasteiger charge is 2.24. The van der Waals surface area contributed by atoms with Gasteiger partial charge in [-0.1, -0.05) is 46.9 Å². The van der Waals surface area contributed by atoms with Gasteiger partial charge in [0, 0.05) is 27.7 Å². The number of hydrogen-bond donors (Lipinski definition) is 3. The number of nitro groups is 1. The van der Waals surface area contributed by atoms with Gasteiger partial charge in [-0.25, -0.2) is 8.42 Å². The summed E-state index contributed by atoms with van der Waals surface area (Å²) in [4.78, 5) is 22.4. The third-order valence-corrected chi connectivity index (χ3v) is 6.19. The van der Waals surface area contributed by atoms with Crippen LogP contribution in [-0.4, -0.2) is 19.2 Å². The average Bonchev–Trinajstić information content (AvgIpc) is 2.72. The van der Waals surface area contributed by atoms with Crippen molar-refractivity contribution in [3.63, 3.8) is 0 Å². The molecule has 9 nitrogen and oxygen atoms in total. The number of para-hydroxylation sites is 1. The van der Waals surface area contributed by atoms with Crippen molar-refractivity contribution in [2.24, 2.45) is 0 Å². The van der Waals surface area contributed by atoms with Gasteiger partial charge in [-0.3, -0.25) is 30.5 Å². The van der Waals surface area contributed by atoms with Crippen LogP contribution in [0.25, 0.3) is 0 Å². The second-order valence-electron chi connectivity index (χ2n) is 6.26. The summed E-state index contributed by atoms with van der Waals surface area (Å²) < 4.78 is 28.2. The number of carbonyl (C=O) groups excluding carboxylic acids is 1. The molecule has 0 aliphatic rings. The van der Waals surface area contributed by atoms with E-state index in [1.54, 1.807) is 12.1 Å². The Balaban J connectivity index is 1.93. The molecule has 0 fully saturated rings. The molecule has 0 radical (unpaired) electrons. The SMILES string of the molecule is O=C(NNc1ccc([N+](=O)[O-])cc1S(=O)(=O)Nc1ccccc1Cl)c1cc(Cl)cc(Cl)c1. The Morgan fingerprint density at radius 3 is 2.19 bits per heavy atom. The smallest absolute Gasteiger partial charge is 0.270 e. The zero-order chi connectivity index (χ0) is 23.5. The molecule has 0 saturated heterocycles. The number of halogens is 3. The van der Waals surface area contributed by atoms with Gasteiger partial charge in [0.25, 0.3) is 21.6 Å². The first-order valence-corrected chi connectivity index (χ1v) is 11.3. The highest BCUT2D eigenvalue weighted by atomic mass is 35.5. The van der Waals surface area contributed by atoms with E-state index in [0.29, 0.717) is 0 Å². The molecule has 3 aromatic rings. The van der Waals surface area contributed by atoms with Crippen LogP contribution in [0, 0.1) is 10.1 Å². The van der Waals surface area contributed by atoms with Gasteiger partial charge in [0.2, 0.25) is 0 Å². The van der Waals surface area contributed by atoms with Gasteiger partial charge in [-0.15, -0.1) is 0 Å².